The van der Waals surface area contributed by atoms with Gasteiger partial charge in [-0.15, -0.1) is 0 Å². The predicted molar refractivity (Wildman–Crippen MR) is 85.2 cm³/mol. The molecule has 1 aromatic carbocycles. The van der Waals surface area contributed by atoms with Crippen molar-refractivity contribution in [2.24, 2.45) is 0 Å². The fraction of sp³-hybridized carbons (Fsp3) is 0.333. The number of aryl methyl sites for hydroxylation is 1. The smallest absolute Gasteiger partial charge is 0.427 e. The molecule has 2 N–H and O–H groups in total. The third kappa shape index (κ3) is 3.85. The van der Waals surface area contributed by atoms with E-state index in [2.05, 4.69) is 22.4 Å². The molecule has 0 fully saturated rings. The highest BCUT2D eigenvalue weighted by atomic mass is 32.1. The Morgan fingerprint density at radius 1 is 1.43 bits per heavy atom. The largest absolute Gasteiger partial charge is 0.471 e. The first-order chi connectivity index (χ1) is 10.6. The lowest BCUT2D eigenvalue weighted by atomic mass is 10.1. The van der Waals surface area contributed by atoms with Crippen molar-refractivity contribution in [3.63, 3.8) is 0 Å². The maximum absolute atomic E-state index is 12.2. The Balaban J connectivity index is 2.59. The van der Waals surface area contributed by atoms with E-state index in [9.17, 15) is 9.36 Å². The summed E-state index contributed by atoms with van der Waals surface area (Å²) in [5.41, 5.74) is 1.17. The number of imidazole rings is 1. The van der Waals surface area contributed by atoms with Crippen molar-refractivity contribution < 1.29 is 27.9 Å². The van der Waals surface area contributed by atoms with Gasteiger partial charge in [-0.2, -0.15) is 0 Å². The molecular weight excluding hydrogens is 345 g/mol. The number of amides is 1. The fourth-order valence-corrected chi connectivity index (χ4v) is 2.46. The van der Waals surface area contributed by atoms with Crippen LogP contribution in [0, 0.1) is 6.92 Å². The summed E-state index contributed by atoms with van der Waals surface area (Å²) < 4.78 is 21.8. The second-order valence-electron chi connectivity index (χ2n) is 4.97. The monoisotopic (exact) mass is 361 g/mol. The third-order valence-electron chi connectivity index (χ3n) is 3.12. The van der Waals surface area contributed by atoms with E-state index in [4.69, 9.17) is 14.0 Å². The number of rotatable bonds is 5. The minimum Gasteiger partial charge on any atom is -0.427 e. The van der Waals surface area contributed by atoms with E-state index < -0.39 is 14.6 Å². The van der Waals surface area contributed by atoms with Gasteiger partial charge in [-0.05, 0) is 19.1 Å². The second-order valence-corrected chi connectivity index (χ2v) is 6.39. The molecule has 126 valence electrons. The molecule has 0 radical (unpaired) electrons. The van der Waals surface area contributed by atoms with Crippen molar-refractivity contribution in [1.29, 1.82) is 0 Å². The van der Waals surface area contributed by atoms with Crippen LogP contribution in [0.3, 0.4) is 0 Å². The Morgan fingerprint density at radius 2 is 2.09 bits per heavy atom. The molecule has 0 spiro atoms. The van der Waals surface area contributed by atoms with Gasteiger partial charge in [0.25, 0.3) is 5.91 Å². The van der Waals surface area contributed by atoms with Crippen LogP contribution in [0.25, 0.3) is 11.0 Å². The van der Waals surface area contributed by atoms with E-state index in [-0.39, 0.29) is 11.7 Å². The number of thiol groups is 1. The molecule has 1 amide bonds. The highest BCUT2D eigenvalue weighted by Gasteiger charge is 2.20. The lowest BCUT2D eigenvalue weighted by molar-refractivity contribution is 0.0827. The summed E-state index contributed by atoms with van der Waals surface area (Å²) in [6.45, 7) is 1.22. The molecule has 0 saturated heterocycles. The highest BCUT2D eigenvalue weighted by Crippen LogP contribution is 2.37. The molecule has 9 nitrogen and oxygen atoms in total. The van der Waals surface area contributed by atoms with Crippen LogP contribution in [0.2, 0.25) is 0 Å². The predicted octanol–water partition coefficient (Wildman–Crippen LogP) is 1.34. The van der Waals surface area contributed by atoms with Crippen molar-refractivity contribution >= 4 is 37.7 Å². The average Bonchev–Trinajstić information content (AvgIpc) is 2.77. The zero-order valence-electron chi connectivity index (χ0n) is 12.6. The molecular formula is C12H16N3O6PS. The van der Waals surface area contributed by atoms with Gasteiger partial charge >= 0.3 is 7.82 Å². The molecule has 0 aliphatic rings. The maximum atomic E-state index is 12.2. The van der Waals surface area contributed by atoms with Gasteiger partial charge in [0.2, 0.25) is 0 Å². The number of carbonyl (C=O) groups is 1. The van der Waals surface area contributed by atoms with Gasteiger partial charge in [0.1, 0.15) is 18.1 Å². The van der Waals surface area contributed by atoms with Crippen molar-refractivity contribution in [3.8, 4) is 5.75 Å². The van der Waals surface area contributed by atoms with Crippen LogP contribution in [0.15, 0.2) is 12.1 Å². The van der Waals surface area contributed by atoms with E-state index in [0.29, 0.717) is 22.4 Å². The molecule has 2 rings (SSSR count). The van der Waals surface area contributed by atoms with Gasteiger partial charge < -0.3 is 23.4 Å². The van der Waals surface area contributed by atoms with Gasteiger partial charge in [0.15, 0.2) is 5.75 Å². The molecule has 11 heteroatoms. The minimum absolute atomic E-state index is 0.258. The van der Waals surface area contributed by atoms with Crippen LogP contribution >= 0.6 is 20.7 Å². The van der Waals surface area contributed by atoms with Crippen LogP contribution in [-0.4, -0.2) is 44.2 Å². The van der Waals surface area contributed by atoms with Gasteiger partial charge in [0, 0.05) is 32.6 Å². The molecule has 0 bridgehead atoms. The number of benzene rings is 1. The Labute approximate surface area is 137 Å². The summed E-state index contributed by atoms with van der Waals surface area (Å²) in [5, 5.41) is 0. The molecule has 0 aliphatic heterocycles. The van der Waals surface area contributed by atoms with Crippen LogP contribution in [-0.2, 0) is 15.8 Å². The van der Waals surface area contributed by atoms with Gasteiger partial charge in [-0.25, -0.2) is 9.55 Å². The van der Waals surface area contributed by atoms with Gasteiger partial charge in [-0.3, -0.25) is 9.32 Å². The first-order valence-electron chi connectivity index (χ1n) is 6.38. The Morgan fingerprint density at radius 3 is 2.61 bits per heavy atom. The summed E-state index contributed by atoms with van der Waals surface area (Å²) in [6.07, 6.45) is 0. The lowest BCUT2D eigenvalue weighted by Gasteiger charge is -2.13. The number of aromatic nitrogens is 2. The maximum Gasteiger partial charge on any atom is 0.471 e. The lowest BCUT2D eigenvalue weighted by Crippen LogP contribution is -2.21. The number of hydrogen-bond donors (Lipinski definition) is 3. The molecule has 1 heterocycles. The standard InChI is InChI=1S/C12H16N3O6PS/c1-7-13-11-9(15(7)6-20-22(17,18)19)4-8(5-10(11)21-23)12(16)14(2)3/h4-5,23H,6H2,1-3H3,(H2,17,18,19). The van der Waals surface area contributed by atoms with E-state index in [1.165, 1.54) is 15.5 Å². The third-order valence-corrected chi connectivity index (χ3v) is 3.76. The summed E-state index contributed by atoms with van der Waals surface area (Å²) in [4.78, 5) is 35.5. The van der Waals surface area contributed by atoms with E-state index >= 15 is 0 Å². The van der Waals surface area contributed by atoms with Crippen molar-refractivity contribution in [3.05, 3.63) is 23.5 Å². The number of hydrogen-bond acceptors (Lipinski definition) is 6. The zero-order valence-corrected chi connectivity index (χ0v) is 14.4. The highest BCUT2D eigenvalue weighted by molar-refractivity contribution is 7.75. The molecule has 1 aromatic heterocycles. The fourth-order valence-electron chi connectivity index (χ4n) is 2.05. The SMILES string of the molecule is Cc1nc2c(OS)cc(C(=O)N(C)C)cc2n1COP(=O)(O)O. The molecule has 2 aromatic rings. The molecule has 0 unspecified atom stereocenters. The topological polar surface area (TPSA) is 114 Å². The quantitative estimate of drug-likeness (QED) is 0.418. The van der Waals surface area contributed by atoms with Crippen LogP contribution < -0.4 is 4.18 Å². The van der Waals surface area contributed by atoms with Crippen molar-refractivity contribution in [2.45, 2.75) is 13.7 Å². The van der Waals surface area contributed by atoms with Gasteiger partial charge in [-0.1, -0.05) is 0 Å². The average molecular weight is 361 g/mol. The number of phosphoric ester groups is 1. The Bertz CT molecular complexity index is 800. The summed E-state index contributed by atoms with van der Waals surface area (Å²) in [7, 11) is -1.43. The summed E-state index contributed by atoms with van der Waals surface area (Å²) >= 11 is 3.77. The van der Waals surface area contributed by atoms with Crippen LogP contribution in [0.1, 0.15) is 16.2 Å². The zero-order chi connectivity index (χ0) is 17.4. The van der Waals surface area contributed by atoms with E-state index in [1.54, 1.807) is 27.1 Å². The van der Waals surface area contributed by atoms with E-state index in [0.717, 1.165) is 0 Å². The summed E-state index contributed by atoms with van der Waals surface area (Å²) in [5.74, 6) is 0.434. The molecule has 23 heavy (non-hydrogen) atoms. The Kier molecular flexibility index (Phi) is 5.02. The number of phosphoric acid groups is 1. The van der Waals surface area contributed by atoms with Crippen LogP contribution in [0.4, 0.5) is 0 Å². The van der Waals surface area contributed by atoms with Crippen molar-refractivity contribution in [2.75, 3.05) is 14.1 Å². The number of nitrogens with zero attached hydrogens (tertiary/aromatic N) is 3. The van der Waals surface area contributed by atoms with E-state index in [1.807, 2.05) is 0 Å². The number of fused-ring (bicyclic) bond motifs is 1. The first-order valence-corrected chi connectivity index (χ1v) is 8.27. The molecule has 0 saturated carbocycles. The number of carbonyl (C=O) groups excluding carboxylic acids is 1. The first kappa shape index (κ1) is 17.8. The molecule has 0 aliphatic carbocycles. The Hall–Kier alpha value is -1.58. The molecule has 0 atom stereocenters. The summed E-state index contributed by atoms with van der Waals surface area (Å²) in [6, 6.07) is 3.05. The van der Waals surface area contributed by atoms with Crippen molar-refractivity contribution in [1.82, 2.24) is 14.5 Å². The second kappa shape index (κ2) is 6.50. The normalized spacial score (nSPS) is 11.7. The van der Waals surface area contributed by atoms with Crippen LogP contribution in [0.5, 0.6) is 5.75 Å². The minimum atomic E-state index is -4.64. The van der Waals surface area contributed by atoms with Gasteiger partial charge in [0.05, 0.1) is 5.52 Å².